The van der Waals surface area contributed by atoms with Gasteiger partial charge in [0, 0.05) is 12.0 Å². The van der Waals surface area contributed by atoms with Crippen molar-refractivity contribution in [2.24, 2.45) is 0 Å². The molecule has 0 bridgehead atoms. The average molecular weight is 249 g/mol. The Labute approximate surface area is 105 Å². The van der Waals surface area contributed by atoms with Crippen molar-refractivity contribution in [3.05, 3.63) is 46.2 Å². The molecule has 0 saturated heterocycles. The van der Waals surface area contributed by atoms with Crippen molar-refractivity contribution in [2.45, 2.75) is 20.0 Å². The average Bonchev–Trinajstić information content (AvgIpc) is 2.68. The summed E-state index contributed by atoms with van der Waals surface area (Å²) in [4.78, 5) is 0. The van der Waals surface area contributed by atoms with Crippen molar-refractivity contribution in [3.8, 4) is 5.69 Å². The quantitative estimate of drug-likeness (QED) is 0.776. The van der Waals surface area contributed by atoms with E-state index in [-0.39, 0.29) is 0 Å². The highest BCUT2D eigenvalue weighted by atomic mass is 35.5. The Hall–Kier alpha value is -1.32. The van der Waals surface area contributed by atoms with Crippen molar-refractivity contribution in [1.29, 1.82) is 0 Å². The van der Waals surface area contributed by atoms with Crippen LogP contribution in [0.5, 0.6) is 0 Å². The van der Waals surface area contributed by atoms with Crippen molar-refractivity contribution in [3.63, 3.8) is 0 Å². The van der Waals surface area contributed by atoms with E-state index in [1.807, 2.05) is 22.9 Å². The Bertz CT molecular complexity index is 563. The fraction of sp³-hybridized carbons (Fsp3) is 0.308. The number of rotatable bonds is 1. The molecule has 0 aliphatic carbocycles. The largest absolute Gasteiger partial charge is 0.376 e. The Morgan fingerprint density at radius 2 is 2.18 bits per heavy atom. The maximum Gasteiger partial charge on any atom is 0.138 e. The van der Waals surface area contributed by atoms with E-state index in [0.29, 0.717) is 11.8 Å². The van der Waals surface area contributed by atoms with Crippen molar-refractivity contribution < 1.29 is 4.74 Å². The van der Waals surface area contributed by atoms with Crippen LogP contribution in [-0.4, -0.2) is 16.4 Å². The number of nitrogens with zero attached hydrogens (tertiary/aromatic N) is 2. The van der Waals surface area contributed by atoms with Crippen LogP contribution in [0.15, 0.2) is 24.3 Å². The van der Waals surface area contributed by atoms with Crippen LogP contribution in [0.2, 0.25) is 5.15 Å². The van der Waals surface area contributed by atoms with Crippen molar-refractivity contribution >= 4 is 11.6 Å². The van der Waals surface area contributed by atoms with Gasteiger partial charge in [0.1, 0.15) is 5.15 Å². The van der Waals surface area contributed by atoms with E-state index in [1.54, 1.807) is 0 Å². The van der Waals surface area contributed by atoms with E-state index in [4.69, 9.17) is 16.3 Å². The molecule has 0 fully saturated rings. The minimum atomic E-state index is 0.569. The lowest BCUT2D eigenvalue weighted by molar-refractivity contribution is 0.110. The fourth-order valence-electron chi connectivity index (χ4n) is 2.12. The van der Waals surface area contributed by atoms with Crippen LogP contribution in [0, 0.1) is 6.92 Å². The van der Waals surface area contributed by atoms with Gasteiger partial charge in [-0.2, -0.15) is 5.10 Å². The molecule has 0 unspecified atom stereocenters. The van der Waals surface area contributed by atoms with Gasteiger partial charge < -0.3 is 4.74 Å². The zero-order valence-electron chi connectivity index (χ0n) is 9.61. The summed E-state index contributed by atoms with van der Waals surface area (Å²) in [5.74, 6) is 0. The molecule has 1 aromatic heterocycles. The van der Waals surface area contributed by atoms with E-state index < -0.39 is 0 Å². The molecule has 0 radical (unpaired) electrons. The SMILES string of the molecule is Cc1ccccc1-n1nc2c(c1Cl)COCC2. The first kappa shape index (κ1) is 10.8. The number of ether oxygens (including phenoxy) is 1. The summed E-state index contributed by atoms with van der Waals surface area (Å²) in [6, 6.07) is 8.10. The summed E-state index contributed by atoms with van der Waals surface area (Å²) in [6.07, 6.45) is 0.841. The van der Waals surface area contributed by atoms with Crippen LogP contribution in [-0.2, 0) is 17.8 Å². The second-order valence-electron chi connectivity index (χ2n) is 4.22. The summed E-state index contributed by atoms with van der Waals surface area (Å²) in [5.41, 5.74) is 4.28. The van der Waals surface area contributed by atoms with Crippen LogP contribution < -0.4 is 0 Å². The molecule has 17 heavy (non-hydrogen) atoms. The first-order valence-corrected chi connectivity index (χ1v) is 6.05. The lowest BCUT2D eigenvalue weighted by atomic mass is 10.2. The number of hydrogen-bond acceptors (Lipinski definition) is 2. The summed E-state index contributed by atoms with van der Waals surface area (Å²) in [7, 11) is 0. The van der Waals surface area contributed by atoms with E-state index >= 15 is 0 Å². The Balaban J connectivity index is 2.16. The molecule has 1 aromatic carbocycles. The second kappa shape index (κ2) is 4.17. The minimum absolute atomic E-state index is 0.569. The molecule has 2 aromatic rings. The Kier molecular flexibility index (Phi) is 2.65. The van der Waals surface area contributed by atoms with Crippen LogP contribution in [0.4, 0.5) is 0 Å². The molecular formula is C13H13ClN2O. The number of aryl methyl sites for hydroxylation is 1. The molecule has 1 aliphatic rings. The molecule has 3 nitrogen and oxygen atoms in total. The molecule has 3 rings (SSSR count). The van der Waals surface area contributed by atoms with E-state index in [1.165, 1.54) is 0 Å². The minimum Gasteiger partial charge on any atom is -0.376 e. The monoisotopic (exact) mass is 248 g/mol. The maximum atomic E-state index is 6.37. The summed E-state index contributed by atoms with van der Waals surface area (Å²) < 4.78 is 7.23. The van der Waals surface area contributed by atoms with Gasteiger partial charge in [0.05, 0.1) is 24.6 Å². The van der Waals surface area contributed by atoms with E-state index in [9.17, 15) is 0 Å². The normalized spacial score (nSPS) is 14.7. The smallest absolute Gasteiger partial charge is 0.138 e. The number of fused-ring (bicyclic) bond motifs is 1. The van der Waals surface area contributed by atoms with Crippen molar-refractivity contribution in [2.75, 3.05) is 6.61 Å². The summed E-state index contributed by atoms with van der Waals surface area (Å²) >= 11 is 6.37. The molecule has 2 heterocycles. The molecular weight excluding hydrogens is 236 g/mol. The topological polar surface area (TPSA) is 27.1 Å². The number of halogens is 1. The number of aromatic nitrogens is 2. The highest BCUT2D eigenvalue weighted by Gasteiger charge is 2.20. The third-order valence-electron chi connectivity index (χ3n) is 3.08. The molecule has 0 N–H and O–H groups in total. The Morgan fingerprint density at radius 1 is 1.35 bits per heavy atom. The van der Waals surface area contributed by atoms with Gasteiger partial charge in [-0.15, -0.1) is 0 Å². The van der Waals surface area contributed by atoms with E-state index in [0.717, 1.165) is 35.5 Å². The van der Waals surface area contributed by atoms with Gasteiger partial charge in [0.25, 0.3) is 0 Å². The van der Waals surface area contributed by atoms with Gasteiger partial charge >= 0.3 is 0 Å². The summed E-state index contributed by atoms with van der Waals surface area (Å²) in [6.45, 7) is 3.36. The van der Waals surface area contributed by atoms with Gasteiger partial charge in [-0.25, -0.2) is 4.68 Å². The molecule has 1 aliphatic heterocycles. The standard InChI is InChI=1S/C13H13ClN2O/c1-9-4-2-3-5-12(9)16-13(14)10-8-17-7-6-11(10)15-16/h2-5H,6-8H2,1H3. The lowest BCUT2D eigenvalue weighted by Crippen LogP contribution is -2.08. The predicted molar refractivity (Wildman–Crippen MR) is 66.7 cm³/mol. The third-order valence-corrected chi connectivity index (χ3v) is 3.47. The summed E-state index contributed by atoms with van der Waals surface area (Å²) in [5, 5.41) is 5.26. The molecule has 0 atom stereocenters. The van der Waals surface area contributed by atoms with Gasteiger partial charge in [-0.1, -0.05) is 29.8 Å². The Morgan fingerprint density at radius 3 is 2.94 bits per heavy atom. The second-order valence-corrected chi connectivity index (χ2v) is 4.57. The fourth-order valence-corrected chi connectivity index (χ4v) is 2.41. The number of hydrogen-bond donors (Lipinski definition) is 0. The van der Waals surface area contributed by atoms with Gasteiger partial charge in [0.15, 0.2) is 0 Å². The van der Waals surface area contributed by atoms with Gasteiger partial charge in [-0.3, -0.25) is 0 Å². The van der Waals surface area contributed by atoms with Crippen LogP contribution in [0.25, 0.3) is 5.69 Å². The molecule has 0 saturated carbocycles. The predicted octanol–water partition coefficient (Wildman–Crippen LogP) is 2.91. The van der Waals surface area contributed by atoms with Crippen LogP contribution >= 0.6 is 11.6 Å². The van der Waals surface area contributed by atoms with Crippen molar-refractivity contribution in [1.82, 2.24) is 9.78 Å². The number of para-hydroxylation sites is 1. The zero-order chi connectivity index (χ0) is 11.8. The highest BCUT2D eigenvalue weighted by molar-refractivity contribution is 6.30. The molecule has 0 amide bonds. The molecule has 88 valence electrons. The van der Waals surface area contributed by atoms with Crippen LogP contribution in [0.1, 0.15) is 16.8 Å². The first-order valence-electron chi connectivity index (χ1n) is 5.67. The van der Waals surface area contributed by atoms with E-state index in [2.05, 4.69) is 18.1 Å². The maximum absolute atomic E-state index is 6.37. The zero-order valence-corrected chi connectivity index (χ0v) is 10.4. The van der Waals surface area contributed by atoms with Crippen LogP contribution in [0.3, 0.4) is 0 Å². The third kappa shape index (κ3) is 1.75. The number of benzene rings is 1. The molecule has 4 heteroatoms. The first-order chi connectivity index (χ1) is 8.27. The van der Waals surface area contributed by atoms with Gasteiger partial charge in [-0.05, 0) is 18.6 Å². The molecule has 0 spiro atoms. The lowest BCUT2D eigenvalue weighted by Gasteiger charge is -2.09. The van der Waals surface area contributed by atoms with Gasteiger partial charge in [0.2, 0.25) is 0 Å². The highest BCUT2D eigenvalue weighted by Crippen LogP contribution is 2.28.